The summed E-state index contributed by atoms with van der Waals surface area (Å²) in [4.78, 5) is 22.2. The van der Waals surface area contributed by atoms with Gasteiger partial charge in [-0.3, -0.25) is 14.9 Å². The number of nitrogens with one attached hydrogen (secondary N) is 1. The van der Waals surface area contributed by atoms with Gasteiger partial charge in [0.15, 0.2) is 5.75 Å². The van der Waals surface area contributed by atoms with E-state index in [1.54, 1.807) is 0 Å². The smallest absolute Gasteiger partial charge is 0.310 e. The molecule has 0 fully saturated rings. The van der Waals surface area contributed by atoms with Gasteiger partial charge in [0.25, 0.3) is 5.91 Å². The monoisotopic (exact) mass is 300 g/mol. The Balaban J connectivity index is 2.86. The molecule has 0 saturated heterocycles. The number of hydrogen-bond acceptors (Lipinski definition) is 4. The van der Waals surface area contributed by atoms with Gasteiger partial charge in [0.05, 0.1) is 12.0 Å². The van der Waals surface area contributed by atoms with Crippen molar-refractivity contribution in [1.29, 1.82) is 0 Å². The van der Waals surface area contributed by atoms with E-state index in [0.29, 0.717) is 12.0 Å². The second-order valence-electron chi connectivity index (χ2n) is 4.53. The van der Waals surface area contributed by atoms with Crippen LogP contribution in [0.4, 0.5) is 5.69 Å². The van der Waals surface area contributed by atoms with Gasteiger partial charge < -0.3 is 10.1 Å². The number of alkyl halides is 1. The number of methoxy groups -OCH3 is 1. The molecule has 0 radical (unpaired) electrons. The Kier molecular flexibility index (Phi) is 5.76. The van der Waals surface area contributed by atoms with Crippen molar-refractivity contribution in [3.8, 4) is 5.75 Å². The molecule has 110 valence electrons. The van der Waals surface area contributed by atoms with Crippen molar-refractivity contribution in [2.24, 2.45) is 0 Å². The molecule has 0 bridgehead atoms. The number of carbonyl (C=O) groups is 1. The summed E-state index contributed by atoms with van der Waals surface area (Å²) in [6, 6.07) is 3.91. The van der Waals surface area contributed by atoms with Crippen LogP contribution in [0.5, 0.6) is 5.75 Å². The lowest BCUT2D eigenvalue weighted by atomic mass is 10.1. The van der Waals surface area contributed by atoms with Crippen LogP contribution in [0.1, 0.15) is 30.6 Å². The van der Waals surface area contributed by atoms with Gasteiger partial charge in [0.1, 0.15) is 0 Å². The molecular formula is C13H17ClN2O4. The molecule has 0 aromatic heterocycles. The van der Waals surface area contributed by atoms with Crippen LogP contribution >= 0.6 is 11.6 Å². The number of nitro benzene ring substituents is 1. The lowest BCUT2D eigenvalue weighted by Gasteiger charge is -2.15. The Morgan fingerprint density at radius 3 is 2.65 bits per heavy atom. The molecule has 1 N–H and O–H groups in total. The van der Waals surface area contributed by atoms with Gasteiger partial charge in [-0.1, -0.05) is 0 Å². The first kappa shape index (κ1) is 16.2. The number of hydrogen-bond donors (Lipinski definition) is 1. The van der Waals surface area contributed by atoms with Crippen molar-refractivity contribution in [3.63, 3.8) is 0 Å². The molecule has 0 saturated carbocycles. The van der Waals surface area contributed by atoms with Crippen LogP contribution < -0.4 is 10.1 Å². The fourth-order valence-corrected chi connectivity index (χ4v) is 2.09. The minimum atomic E-state index is -0.557. The largest absolute Gasteiger partial charge is 0.490 e. The summed E-state index contributed by atoms with van der Waals surface area (Å²) in [7, 11) is 1.32. The fourth-order valence-electron chi connectivity index (χ4n) is 1.82. The normalized spacial score (nSPS) is 13.4. The van der Waals surface area contributed by atoms with Gasteiger partial charge in [-0.25, -0.2) is 0 Å². The van der Waals surface area contributed by atoms with E-state index in [1.807, 2.05) is 13.8 Å². The van der Waals surface area contributed by atoms with E-state index < -0.39 is 4.92 Å². The molecular weight excluding hydrogens is 284 g/mol. The number of halogens is 1. The maximum Gasteiger partial charge on any atom is 0.310 e. The molecule has 1 aromatic carbocycles. The van der Waals surface area contributed by atoms with E-state index in [2.05, 4.69) is 5.32 Å². The molecule has 0 aliphatic rings. The predicted octanol–water partition coefficient (Wildman–Crippen LogP) is 2.74. The first-order valence-electron chi connectivity index (χ1n) is 6.12. The summed E-state index contributed by atoms with van der Waals surface area (Å²) in [5.41, 5.74) is 0.132. The highest BCUT2D eigenvalue weighted by Crippen LogP contribution is 2.27. The first-order chi connectivity index (χ1) is 9.35. The Morgan fingerprint density at radius 2 is 2.15 bits per heavy atom. The van der Waals surface area contributed by atoms with Crippen molar-refractivity contribution in [3.05, 3.63) is 33.9 Å². The molecule has 1 amide bonds. The molecule has 20 heavy (non-hydrogen) atoms. The van der Waals surface area contributed by atoms with E-state index in [0.717, 1.165) is 0 Å². The van der Waals surface area contributed by atoms with Gasteiger partial charge in [0, 0.05) is 29.1 Å². The predicted molar refractivity (Wildman–Crippen MR) is 76.5 cm³/mol. The Hall–Kier alpha value is -1.82. The van der Waals surface area contributed by atoms with Crippen molar-refractivity contribution in [2.75, 3.05) is 7.11 Å². The summed E-state index contributed by atoms with van der Waals surface area (Å²) in [5.74, 6) is -0.260. The average Bonchev–Trinajstić information content (AvgIpc) is 2.36. The molecule has 0 heterocycles. The lowest BCUT2D eigenvalue weighted by molar-refractivity contribution is -0.385. The minimum Gasteiger partial charge on any atom is -0.490 e. The summed E-state index contributed by atoms with van der Waals surface area (Å²) in [6.45, 7) is 3.69. The molecule has 1 rings (SSSR count). The highest BCUT2D eigenvalue weighted by Gasteiger charge is 2.18. The van der Waals surface area contributed by atoms with Crippen LogP contribution in [0.25, 0.3) is 0 Å². The van der Waals surface area contributed by atoms with E-state index >= 15 is 0 Å². The summed E-state index contributed by atoms with van der Waals surface area (Å²) >= 11 is 5.86. The van der Waals surface area contributed by atoms with Crippen LogP contribution in [0, 0.1) is 10.1 Å². The SMILES string of the molecule is COc1cc(C(=O)NC(C)CC(C)Cl)ccc1[N+](=O)[O-]. The molecule has 7 heteroatoms. The number of rotatable bonds is 6. The highest BCUT2D eigenvalue weighted by atomic mass is 35.5. The molecule has 6 nitrogen and oxygen atoms in total. The first-order valence-corrected chi connectivity index (χ1v) is 6.56. The van der Waals surface area contributed by atoms with E-state index in [-0.39, 0.29) is 28.8 Å². The van der Waals surface area contributed by atoms with Crippen molar-refractivity contribution < 1.29 is 14.5 Å². The Labute approximate surface area is 122 Å². The molecule has 0 spiro atoms. The van der Waals surface area contributed by atoms with Gasteiger partial charge >= 0.3 is 5.69 Å². The molecule has 0 aliphatic heterocycles. The van der Waals surface area contributed by atoms with Crippen LogP contribution in [0.2, 0.25) is 0 Å². The second-order valence-corrected chi connectivity index (χ2v) is 5.28. The molecule has 1 aromatic rings. The lowest BCUT2D eigenvalue weighted by Crippen LogP contribution is -2.33. The third-order valence-electron chi connectivity index (χ3n) is 2.69. The summed E-state index contributed by atoms with van der Waals surface area (Å²) < 4.78 is 4.92. The van der Waals surface area contributed by atoms with E-state index in [9.17, 15) is 14.9 Å². The number of ether oxygens (including phenoxy) is 1. The number of nitro groups is 1. The van der Waals surface area contributed by atoms with Gasteiger partial charge in [-0.15, -0.1) is 11.6 Å². The quantitative estimate of drug-likeness (QED) is 0.497. The second kappa shape index (κ2) is 7.09. The van der Waals surface area contributed by atoms with Gasteiger partial charge in [-0.2, -0.15) is 0 Å². The van der Waals surface area contributed by atoms with Crippen LogP contribution in [-0.4, -0.2) is 29.4 Å². The fraction of sp³-hybridized carbons (Fsp3) is 0.462. The maximum absolute atomic E-state index is 12.0. The minimum absolute atomic E-state index is 0.0447. The van der Waals surface area contributed by atoms with Crippen LogP contribution in [0.15, 0.2) is 18.2 Å². The molecule has 0 aliphatic carbocycles. The van der Waals surface area contributed by atoms with Gasteiger partial charge in [-0.05, 0) is 26.3 Å². The number of carbonyl (C=O) groups excluding carboxylic acids is 1. The Morgan fingerprint density at radius 1 is 1.50 bits per heavy atom. The van der Waals surface area contributed by atoms with Crippen LogP contribution in [-0.2, 0) is 0 Å². The van der Waals surface area contributed by atoms with E-state index in [1.165, 1.54) is 25.3 Å². The average molecular weight is 301 g/mol. The number of nitrogens with zero attached hydrogens (tertiary/aromatic N) is 1. The molecule has 2 unspecified atom stereocenters. The zero-order valence-corrected chi connectivity index (χ0v) is 12.3. The zero-order chi connectivity index (χ0) is 15.3. The van der Waals surface area contributed by atoms with E-state index in [4.69, 9.17) is 16.3 Å². The zero-order valence-electron chi connectivity index (χ0n) is 11.6. The summed E-state index contributed by atoms with van der Waals surface area (Å²) in [5, 5.41) is 13.5. The van der Waals surface area contributed by atoms with Crippen LogP contribution in [0.3, 0.4) is 0 Å². The van der Waals surface area contributed by atoms with Crippen molar-refractivity contribution >= 4 is 23.2 Å². The Bertz CT molecular complexity index is 505. The molecule has 2 atom stereocenters. The van der Waals surface area contributed by atoms with Crippen molar-refractivity contribution in [2.45, 2.75) is 31.7 Å². The number of amides is 1. The topological polar surface area (TPSA) is 81.5 Å². The van der Waals surface area contributed by atoms with Crippen molar-refractivity contribution in [1.82, 2.24) is 5.32 Å². The summed E-state index contributed by atoms with van der Waals surface area (Å²) in [6.07, 6.45) is 0.636. The third kappa shape index (κ3) is 4.38. The highest BCUT2D eigenvalue weighted by molar-refractivity contribution is 6.20. The maximum atomic E-state index is 12.0. The third-order valence-corrected chi connectivity index (χ3v) is 2.87. The standard InChI is InChI=1S/C13H17ClN2O4/c1-8(14)6-9(2)15-13(17)10-4-5-11(16(18)19)12(7-10)20-3/h4-5,7-9H,6H2,1-3H3,(H,15,17). The number of benzene rings is 1. The van der Waals surface area contributed by atoms with Gasteiger partial charge in [0.2, 0.25) is 0 Å².